The normalized spacial score (nSPS) is 15.3. The van der Waals surface area contributed by atoms with Gasteiger partial charge in [0.25, 0.3) is 0 Å². The number of hydrogen-bond donors (Lipinski definition) is 1. The first-order valence-corrected chi connectivity index (χ1v) is 5.92. The average Bonchev–Trinajstić information content (AvgIpc) is 2.76. The van der Waals surface area contributed by atoms with Crippen molar-refractivity contribution in [3.63, 3.8) is 0 Å². The Morgan fingerprint density at radius 3 is 2.50 bits per heavy atom. The lowest BCUT2D eigenvalue weighted by molar-refractivity contribution is -0.179. The maximum Gasteiger partial charge on any atom is 0.176 e. The van der Waals surface area contributed by atoms with Crippen LogP contribution in [0.4, 0.5) is 0 Å². The molecule has 0 radical (unpaired) electrons. The van der Waals surface area contributed by atoms with Gasteiger partial charge in [0, 0.05) is 40.2 Å². The first-order chi connectivity index (χ1) is 8.49. The number of aryl methyl sites for hydroxylation is 1. The third-order valence-electron chi connectivity index (χ3n) is 3.52. The Morgan fingerprint density at radius 1 is 1.50 bits per heavy atom. The lowest BCUT2D eigenvalue weighted by Gasteiger charge is -2.42. The summed E-state index contributed by atoms with van der Waals surface area (Å²) in [5.74, 6) is 0.975. The topological polar surface area (TPSA) is 65.5 Å². The Kier molecular flexibility index (Phi) is 5.28. The standard InChI is InChI=1S/C12H24N4O2/c1-12(9-13,11(17-4)18-5)16(3)8-10-14-6-7-15(10)2/h6-7,11H,8-9,13H2,1-5H3. The molecule has 0 aromatic carbocycles. The third-order valence-corrected chi connectivity index (χ3v) is 3.52. The molecule has 0 aliphatic rings. The van der Waals surface area contributed by atoms with Crippen molar-refractivity contribution in [2.45, 2.75) is 25.3 Å². The van der Waals surface area contributed by atoms with Crippen LogP contribution in [0.15, 0.2) is 12.4 Å². The van der Waals surface area contributed by atoms with Crippen molar-refractivity contribution in [2.24, 2.45) is 12.8 Å². The summed E-state index contributed by atoms with van der Waals surface area (Å²) in [6, 6.07) is 0. The highest BCUT2D eigenvalue weighted by molar-refractivity contribution is 4.96. The first-order valence-electron chi connectivity index (χ1n) is 5.92. The summed E-state index contributed by atoms with van der Waals surface area (Å²) in [5, 5.41) is 0. The minimum atomic E-state index is -0.407. The van der Waals surface area contributed by atoms with E-state index in [2.05, 4.69) is 9.88 Å². The van der Waals surface area contributed by atoms with Crippen LogP contribution in [0.5, 0.6) is 0 Å². The number of ether oxygens (including phenoxy) is 2. The SMILES string of the molecule is COC(OC)C(C)(CN)N(C)Cc1nccn1C. The van der Waals surface area contributed by atoms with Gasteiger partial charge in [-0.15, -0.1) is 0 Å². The molecule has 104 valence electrons. The second-order valence-corrected chi connectivity index (χ2v) is 4.68. The van der Waals surface area contributed by atoms with Gasteiger partial charge in [-0.25, -0.2) is 4.98 Å². The second-order valence-electron chi connectivity index (χ2n) is 4.68. The van der Waals surface area contributed by atoms with Gasteiger partial charge in [-0.1, -0.05) is 0 Å². The zero-order valence-corrected chi connectivity index (χ0v) is 11.9. The highest BCUT2D eigenvalue weighted by atomic mass is 16.7. The van der Waals surface area contributed by atoms with Crippen LogP contribution in [-0.2, 0) is 23.1 Å². The van der Waals surface area contributed by atoms with Crippen molar-refractivity contribution in [2.75, 3.05) is 27.8 Å². The van der Waals surface area contributed by atoms with Gasteiger partial charge >= 0.3 is 0 Å². The number of nitrogens with zero attached hydrogens (tertiary/aromatic N) is 3. The van der Waals surface area contributed by atoms with Crippen molar-refractivity contribution in [3.8, 4) is 0 Å². The molecule has 1 unspecified atom stereocenters. The fourth-order valence-electron chi connectivity index (χ4n) is 1.98. The highest BCUT2D eigenvalue weighted by Crippen LogP contribution is 2.21. The minimum absolute atomic E-state index is 0.382. The van der Waals surface area contributed by atoms with Gasteiger partial charge in [-0.3, -0.25) is 4.90 Å². The fourth-order valence-corrected chi connectivity index (χ4v) is 1.98. The summed E-state index contributed by atoms with van der Waals surface area (Å²) in [5.41, 5.74) is 5.49. The fraction of sp³-hybridized carbons (Fsp3) is 0.750. The van der Waals surface area contributed by atoms with Gasteiger partial charge in [-0.05, 0) is 14.0 Å². The van der Waals surface area contributed by atoms with Crippen LogP contribution >= 0.6 is 0 Å². The Labute approximate surface area is 109 Å². The van der Waals surface area contributed by atoms with E-state index in [1.54, 1.807) is 20.4 Å². The van der Waals surface area contributed by atoms with Gasteiger partial charge in [0.05, 0.1) is 12.1 Å². The van der Waals surface area contributed by atoms with Crippen LogP contribution in [0.2, 0.25) is 0 Å². The molecule has 1 atom stereocenters. The van der Waals surface area contributed by atoms with E-state index in [1.165, 1.54) is 0 Å². The predicted molar refractivity (Wildman–Crippen MR) is 69.9 cm³/mol. The first kappa shape index (κ1) is 15.1. The summed E-state index contributed by atoms with van der Waals surface area (Å²) >= 11 is 0. The van der Waals surface area contributed by atoms with E-state index in [0.29, 0.717) is 13.1 Å². The van der Waals surface area contributed by atoms with Crippen molar-refractivity contribution in [1.82, 2.24) is 14.5 Å². The van der Waals surface area contributed by atoms with Crippen molar-refractivity contribution >= 4 is 0 Å². The largest absolute Gasteiger partial charge is 0.354 e. The molecule has 1 aromatic heterocycles. The molecule has 0 amide bonds. The van der Waals surface area contributed by atoms with Gasteiger partial charge in [0.15, 0.2) is 6.29 Å². The Bertz CT molecular complexity index is 365. The molecule has 1 rings (SSSR count). The van der Waals surface area contributed by atoms with Gasteiger partial charge in [0.2, 0.25) is 0 Å². The van der Waals surface area contributed by atoms with Crippen LogP contribution < -0.4 is 5.73 Å². The molecule has 0 aliphatic carbocycles. The second kappa shape index (κ2) is 6.29. The molecule has 1 heterocycles. The number of likely N-dealkylation sites (N-methyl/N-ethyl adjacent to an activating group) is 1. The lowest BCUT2D eigenvalue weighted by atomic mass is 9.99. The Hall–Kier alpha value is -0.950. The van der Waals surface area contributed by atoms with Crippen LogP contribution in [0.3, 0.4) is 0 Å². The molecule has 2 N–H and O–H groups in total. The Morgan fingerprint density at radius 2 is 2.11 bits per heavy atom. The smallest absolute Gasteiger partial charge is 0.176 e. The molecule has 0 saturated carbocycles. The van der Waals surface area contributed by atoms with E-state index in [4.69, 9.17) is 15.2 Å². The molecule has 0 bridgehead atoms. The van der Waals surface area contributed by atoms with E-state index in [1.807, 2.05) is 31.8 Å². The summed E-state index contributed by atoms with van der Waals surface area (Å²) in [6.07, 6.45) is 3.33. The summed E-state index contributed by atoms with van der Waals surface area (Å²) in [7, 11) is 7.21. The number of aromatic nitrogens is 2. The average molecular weight is 256 g/mol. The van der Waals surface area contributed by atoms with E-state index < -0.39 is 5.54 Å². The lowest BCUT2D eigenvalue weighted by Crippen LogP contribution is -2.58. The van der Waals surface area contributed by atoms with E-state index in [0.717, 1.165) is 5.82 Å². The van der Waals surface area contributed by atoms with Gasteiger partial charge in [-0.2, -0.15) is 0 Å². The van der Waals surface area contributed by atoms with Gasteiger partial charge in [0.1, 0.15) is 5.82 Å². The Balaban J connectivity index is 2.84. The quantitative estimate of drug-likeness (QED) is 0.705. The summed E-state index contributed by atoms with van der Waals surface area (Å²) in [6.45, 7) is 3.13. The number of nitrogens with two attached hydrogens (primary N) is 1. The number of hydrogen-bond acceptors (Lipinski definition) is 5. The maximum atomic E-state index is 5.90. The molecule has 18 heavy (non-hydrogen) atoms. The predicted octanol–water partition coefficient (Wildman–Crippen LogP) is 0.188. The van der Waals surface area contributed by atoms with Crippen LogP contribution in [-0.4, -0.2) is 54.1 Å². The zero-order chi connectivity index (χ0) is 13.8. The maximum absolute atomic E-state index is 5.90. The van der Waals surface area contributed by atoms with Gasteiger partial charge < -0.3 is 19.8 Å². The third kappa shape index (κ3) is 2.89. The highest BCUT2D eigenvalue weighted by Gasteiger charge is 2.38. The molecule has 6 heteroatoms. The number of imidazole rings is 1. The molecular formula is C12H24N4O2. The summed E-state index contributed by atoms with van der Waals surface area (Å²) in [4.78, 5) is 6.42. The summed E-state index contributed by atoms with van der Waals surface area (Å²) < 4.78 is 12.7. The molecule has 0 aliphatic heterocycles. The molecule has 1 aromatic rings. The van der Waals surface area contributed by atoms with Crippen LogP contribution in [0, 0.1) is 0 Å². The van der Waals surface area contributed by atoms with E-state index in [-0.39, 0.29) is 6.29 Å². The van der Waals surface area contributed by atoms with Crippen molar-refractivity contribution in [1.29, 1.82) is 0 Å². The minimum Gasteiger partial charge on any atom is -0.354 e. The van der Waals surface area contributed by atoms with Crippen LogP contribution in [0.25, 0.3) is 0 Å². The van der Waals surface area contributed by atoms with Crippen LogP contribution in [0.1, 0.15) is 12.7 Å². The van der Waals surface area contributed by atoms with Crippen molar-refractivity contribution in [3.05, 3.63) is 18.2 Å². The number of methoxy groups -OCH3 is 2. The van der Waals surface area contributed by atoms with E-state index in [9.17, 15) is 0 Å². The molecular weight excluding hydrogens is 232 g/mol. The number of rotatable bonds is 7. The monoisotopic (exact) mass is 256 g/mol. The molecule has 0 saturated heterocycles. The molecule has 6 nitrogen and oxygen atoms in total. The molecule has 0 fully saturated rings. The molecule has 0 spiro atoms. The van der Waals surface area contributed by atoms with E-state index >= 15 is 0 Å². The zero-order valence-electron chi connectivity index (χ0n) is 11.9. The van der Waals surface area contributed by atoms with Crippen molar-refractivity contribution < 1.29 is 9.47 Å².